The normalized spacial score (nSPS) is 16.9. The fourth-order valence-electron chi connectivity index (χ4n) is 3.32. The summed E-state index contributed by atoms with van der Waals surface area (Å²) >= 11 is 0. The van der Waals surface area contributed by atoms with Crippen molar-refractivity contribution in [1.29, 1.82) is 0 Å². The molecule has 6 N–H and O–H groups in total. The molecule has 0 bridgehead atoms. The van der Waals surface area contributed by atoms with Crippen molar-refractivity contribution in [1.82, 2.24) is 21.4 Å². The third-order valence-electron chi connectivity index (χ3n) is 5.33. The van der Waals surface area contributed by atoms with Crippen LogP contribution in [-0.2, 0) is 0 Å². The zero-order chi connectivity index (χ0) is 26.2. The Balaban J connectivity index is 0.00000222. The Morgan fingerprint density at radius 2 is 1.97 bits per heavy atom. The Morgan fingerprint density at radius 1 is 1.22 bits per heavy atom. The highest BCUT2D eigenvalue weighted by Gasteiger charge is 2.20. The molecule has 6 nitrogen and oxygen atoms in total. The van der Waals surface area contributed by atoms with E-state index in [0.29, 0.717) is 18.2 Å². The molecule has 1 aromatic carbocycles. The van der Waals surface area contributed by atoms with Crippen LogP contribution in [0.15, 0.2) is 110 Å². The molecule has 36 heavy (non-hydrogen) atoms. The van der Waals surface area contributed by atoms with Gasteiger partial charge in [0.05, 0.1) is 5.70 Å². The first-order chi connectivity index (χ1) is 17.6. The molecule has 0 spiro atoms. The monoisotopic (exact) mass is 485 g/mol. The Kier molecular flexibility index (Phi) is 12.5. The van der Waals surface area contributed by atoms with Gasteiger partial charge in [-0.3, -0.25) is 10.7 Å². The van der Waals surface area contributed by atoms with Gasteiger partial charge in [0.15, 0.2) is 0 Å². The van der Waals surface area contributed by atoms with E-state index in [9.17, 15) is 0 Å². The molecule has 1 aromatic rings. The zero-order valence-electron chi connectivity index (χ0n) is 21.2. The summed E-state index contributed by atoms with van der Waals surface area (Å²) in [6, 6.07) is 8.88. The molecule has 1 atom stereocenters. The summed E-state index contributed by atoms with van der Waals surface area (Å²) in [6.45, 7) is 16.6. The number of rotatable bonds is 12. The van der Waals surface area contributed by atoms with Gasteiger partial charge in [-0.1, -0.05) is 56.2 Å². The van der Waals surface area contributed by atoms with E-state index in [2.05, 4.69) is 90.0 Å². The van der Waals surface area contributed by atoms with Crippen LogP contribution in [0.3, 0.4) is 0 Å². The van der Waals surface area contributed by atoms with E-state index >= 15 is 0 Å². The molecule has 1 unspecified atom stereocenters. The summed E-state index contributed by atoms with van der Waals surface area (Å²) in [5.41, 5.74) is 7.62. The minimum atomic E-state index is -0.225. The molecule has 1 fully saturated rings. The van der Waals surface area contributed by atoms with Gasteiger partial charge in [0.1, 0.15) is 6.17 Å². The molecule has 190 valence electrons. The maximum atomic E-state index is 8.95. The molecule has 3 rings (SSSR count). The topological polar surface area (TPSA) is 80.4 Å². The lowest BCUT2D eigenvalue weighted by Crippen LogP contribution is -2.38. The van der Waals surface area contributed by atoms with Gasteiger partial charge >= 0.3 is 0 Å². The SMILES string of the molecule is C=C.C=C/C=C(C#Cc1ccc(N/C(=C/CC)CNC2CC2)cc1)\C=C/CC1=CNC(C(=C)NO)N1. The number of allylic oxidation sites excluding steroid dienone is 6. The van der Waals surface area contributed by atoms with Gasteiger partial charge in [-0.25, -0.2) is 0 Å². The van der Waals surface area contributed by atoms with Crippen molar-refractivity contribution in [3.05, 3.63) is 115 Å². The predicted molar refractivity (Wildman–Crippen MR) is 152 cm³/mol. The first kappa shape index (κ1) is 28.3. The van der Waals surface area contributed by atoms with Gasteiger partial charge in [-0.05, 0) is 49.6 Å². The van der Waals surface area contributed by atoms with Crippen LogP contribution in [-0.4, -0.2) is 24.0 Å². The maximum Gasteiger partial charge on any atom is 0.139 e. The van der Waals surface area contributed by atoms with Crippen molar-refractivity contribution in [2.75, 3.05) is 11.9 Å². The summed E-state index contributed by atoms with van der Waals surface area (Å²) in [6.07, 6.45) is 15.8. The summed E-state index contributed by atoms with van der Waals surface area (Å²) < 4.78 is 0. The lowest BCUT2D eigenvalue weighted by Gasteiger charge is -2.14. The summed E-state index contributed by atoms with van der Waals surface area (Å²) in [4.78, 5) is 0. The predicted octanol–water partition coefficient (Wildman–Crippen LogP) is 5.21. The highest BCUT2D eigenvalue weighted by molar-refractivity contribution is 5.53. The van der Waals surface area contributed by atoms with Crippen LogP contribution in [0.4, 0.5) is 5.69 Å². The highest BCUT2D eigenvalue weighted by atomic mass is 16.5. The average Bonchev–Trinajstić information content (AvgIpc) is 3.62. The van der Waals surface area contributed by atoms with Crippen molar-refractivity contribution in [3.8, 4) is 11.8 Å². The molecule has 1 aliphatic carbocycles. The van der Waals surface area contributed by atoms with Gasteiger partial charge in [0.2, 0.25) is 0 Å². The van der Waals surface area contributed by atoms with Gasteiger partial charge < -0.3 is 21.3 Å². The van der Waals surface area contributed by atoms with E-state index in [1.54, 1.807) is 6.08 Å². The van der Waals surface area contributed by atoms with Crippen molar-refractivity contribution in [2.24, 2.45) is 0 Å². The van der Waals surface area contributed by atoms with Crippen LogP contribution in [0.5, 0.6) is 0 Å². The quantitative estimate of drug-likeness (QED) is 0.106. The fraction of sp³-hybridized carbons (Fsp3) is 0.267. The van der Waals surface area contributed by atoms with Crippen LogP contribution >= 0.6 is 0 Å². The summed E-state index contributed by atoms with van der Waals surface area (Å²) in [5, 5.41) is 22.4. The second-order valence-electron chi connectivity index (χ2n) is 8.26. The summed E-state index contributed by atoms with van der Waals surface area (Å²) in [5.74, 6) is 6.45. The molecule has 0 radical (unpaired) electrons. The molecule has 0 saturated heterocycles. The molecule has 1 heterocycles. The molecule has 0 aromatic heterocycles. The van der Waals surface area contributed by atoms with E-state index in [4.69, 9.17) is 5.21 Å². The Hall–Kier alpha value is -3.92. The van der Waals surface area contributed by atoms with Crippen LogP contribution in [0.1, 0.15) is 38.2 Å². The van der Waals surface area contributed by atoms with E-state index in [1.807, 2.05) is 36.6 Å². The molecule has 1 aliphatic heterocycles. The van der Waals surface area contributed by atoms with Crippen molar-refractivity contribution < 1.29 is 5.21 Å². The highest BCUT2D eigenvalue weighted by Crippen LogP contribution is 2.19. The Bertz CT molecular complexity index is 1050. The minimum absolute atomic E-state index is 0.225. The minimum Gasteiger partial charge on any atom is -0.365 e. The standard InChI is InChI=1S/C28H35N5O.C2H4/c1-4-7-22(9-6-10-27-20-30-28(32-27)21(3)33-34)11-12-23-13-15-25(16-14-23)31-26(8-5-2)19-29-24-17-18-24;1-2/h4,6-9,13-16,20,24,28-34H,1,3,5,10,17-19H2,2H3;1-2H2/b9-6-,22-7+,26-8+;. The van der Waals surface area contributed by atoms with E-state index in [-0.39, 0.29) is 6.17 Å². The number of hydroxylamine groups is 1. The number of hydrogen-bond donors (Lipinski definition) is 6. The number of benzene rings is 1. The molecular weight excluding hydrogens is 446 g/mol. The zero-order valence-corrected chi connectivity index (χ0v) is 21.2. The molecule has 6 heteroatoms. The van der Waals surface area contributed by atoms with E-state index in [0.717, 1.165) is 35.5 Å². The number of hydrogen-bond acceptors (Lipinski definition) is 6. The fourth-order valence-corrected chi connectivity index (χ4v) is 3.32. The van der Waals surface area contributed by atoms with Gasteiger partial charge in [-0.15, -0.1) is 13.2 Å². The van der Waals surface area contributed by atoms with Gasteiger partial charge in [-0.2, -0.15) is 0 Å². The second-order valence-corrected chi connectivity index (χ2v) is 8.26. The van der Waals surface area contributed by atoms with E-state index in [1.165, 1.54) is 18.5 Å². The molecule has 1 saturated carbocycles. The summed E-state index contributed by atoms with van der Waals surface area (Å²) in [7, 11) is 0. The molecule has 2 aliphatic rings. The average molecular weight is 486 g/mol. The van der Waals surface area contributed by atoms with Crippen LogP contribution in [0.2, 0.25) is 0 Å². The second kappa shape index (κ2) is 15.9. The van der Waals surface area contributed by atoms with Crippen molar-refractivity contribution >= 4 is 5.69 Å². The number of anilines is 1. The third kappa shape index (κ3) is 10.1. The van der Waals surface area contributed by atoms with Crippen LogP contribution < -0.4 is 26.7 Å². The smallest absolute Gasteiger partial charge is 0.139 e. The van der Waals surface area contributed by atoms with Crippen LogP contribution in [0.25, 0.3) is 0 Å². The van der Waals surface area contributed by atoms with Gasteiger partial charge in [0.25, 0.3) is 0 Å². The van der Waals surface area contributed by atoms with E-state index < -0.39 is 0 Å². The third-order valence-corrected chi connectivity index (χ3v) is 5.33. The van der Waals surface area contributed by atoms with Crippen molar-refractivity contribution in [2.45, 2.75) is 44.8 Å². The molecule has 0 amide bonds. The van der Waals surface area contributed by atoms with Crippen LogP contribution in [0, 0.1) is 11.8 Å². The Morgan fingerprint density at radius 3 is 2.61 bits per heavy atom. The number of nitrogens with one attached hydrogen (secondary N) is 5. The lowest BCUT2D eigenvalue weighted by atomic mass is 10.1. The van der Waals surface area contributed by atoms with Gasteiger partial charge in [0, 0.05) is 53.4 Å². The Labute approximate surface area is 216 Å². The first-order valence-corrected chi connectivity index (χ1v) is 12.2. The van der Waals surface area contributed by atoms with Crippen molar-refractivity contribution in [3.63, 3.8) is 0 Å². The first-order valence-electron chi connectivity index (χ1n) is 12.2. The maximum absolute atomic E-state index is 8.95. The molecular formula is C30H39N5O. The lowest BCUT2D eigenvalue weighted by molar-refractivity contribution is 0.189. The largest absolute Gasteiger partial charge is 0.365 e.